The largest absolute Gasteiger partial charge is 0.394 e. The third-order valence-corrected chi connectivity index (χ3v) is 16.7. The van der Waals surface area contributed by atoms with Crippen LogP contribution < -0.4 is 5.32 Å². The van der Waals surface area contributed by atoms with Crippen molar-refractivity contribution in [1.82, 2.24) is 5.32 Å². The van der Waals surface area contributed by atoms with Gasteiger partial charge in [-0.1, -0.05) is 272 Å². The number of hydrogen-bond acceptors (Lipinski definition) is 13. The highest BCUT2D eigenvalue weighted by Gasteiger charge is 2.51. The molecule has 88 heavy (non-hydrogen) atoms. The predicted octanol–water partition coefficient (Wildman–Crippen LogP) is 14.6. The summed E-state index contributed by atoms with van der Waals surface area (Å²) >= 11 is 0. The lowest BCUT2D eigenvalue weighted by molar-refractivity contribution is -0.359. The van der Waals surface area contributed by atoms with Crippen LogP contribution in [-0.4, -0.2) is 140 Å². The number of ether oxygens (including phenoxy) is 4. The average Bonchev–Trinajstić information content (AvgIpc) is 1.93. The third-order valence-electron chi connectivity index (χ3n) is 16.7. The van der Waals surface area contributed by atoms with E-state index in [1.807, 2.05) is 6.08 Å². The van der Waals surface area contributed by atoms with E-state index in [1.54, 1.807) is 6.08 Å². The average molecular weight is 1240 g/mol. The van der Waals surface area contributed by atoms with Crippen molar-refractivity contribution >= 4 is 5.91 Å². The van der Waals surface area contributed by atoms with Gasteiger partial charge in [0.15, 0.2) is 12.6 Å². The summed E-state index contributed by atoms with van der Waals surface area (Å²) in [7, 11) is 0. The van der Waals surface area contributed by atoms with Gasteiger partial charge in [-0.25, -0.2) is 0 Å². The Kier molecular flexibility index (Phi) is 53.2. The molecule has 0 saturated carbocycles. The molecular formula is C74H129NO13. The zero-order valence-corrected chi connectivity index (χ0v) is 55.2. The number of carbonyl (C=O) groups is 1. The van der Waals surface area contributed by atoms with Gasteiger partial charge in [-0.15, -0.1) is 0 Å². The molecule has 14 heteroatoms. The number of rotatable bonds is 57. The molecule has 2 rings (SSSR count). The molecule has 0 aromatic rings. The van der Waals surface area contributed by atoms with Gasteiger partial charge in [0.05, 0.1) is 32.0 Å². The number of amides is 1. The number of allylic oxidation sites excluding steroid dienone is 15. The van der Waals surface area contributed by atoms with Crippen LogP contribution in [0, 0.1) is 0 Å². The SMILES string of the molecule is CC/C=C\C/C=C\C/C=C\C/C=C\C/C=C\CCCCCCCCCCCCCC(=O)NC(COC1OC(CO)C(OC2OC(CO)C(O)C(O)C2O)C(O)C1O)C(O)/C=C/CC/C=C/CC/C=C/CCCCCCCCCCCCCCCCCCC. The molecule has 14 nitrogen and oxygen atoms in total. The molecule has 2 fully saturated rings. The monoisotopic (exact) mass is 1240 g/mol. The van der Waals surface area contributed by atoms with Crippen molar-refractivity contribution in [3.8, 4) is 0 Å². The first-order chi connectivity index (χ1) is 43.1. The molecule has 12 atom stereocenters. The summed E-state index contributed by atoms with van der Waals surface area (Å²) in [4.78, 5) is 13.3. The van der Waals surface area contributed by atoms with Crippen LogP contribution in [0.1, 0.15) is 271 Å². The number of unbranched alkanes of at least 4 members (excludes halogenated alkanes) is 30. The lowest BCUT2D eigenvalue weighted by Gasteiger charge is -2.46. The minimum atomic E-state index is -1.80. The summed E-state index contributed by atoms with van der Waals surface area (Å²) in [6.07, 6.45) is 64.6. The summed E-state index contributed by atoms with van der Waals surface area (Å²) in [5.74, 6) is -0.258. The Hall–Kier alpha value is -3.09. The van der Waals surface area contributed by atoms with Crippen molar-refractivity contribution in [2.75, 3.05) is 19.8 Å². The first-order valence-electron chi connectivity index (χ1n) is 35.5. The molecule has 2 heterocycles. The van der Waals surface area contributed by atoms with E-state index < -0.39 is 86.8 Å². The minimum Gasteiger partial charge on any atom is -0.394 e. The maximum atomic E-state index is 13.3. The summed E-state index contributed by atoms with van der Waals surface area (Å²) in [5, 5.41) is 87.4. The highest BCUT2D eigenvalue weighted by Crippen LogP contribution is 2.30. The first kappa shape index (κ1) is 81.0. The van der Waals surface area contributed by atoms with Gasteiger partial charge in [-0.3, -0.25) is 4.79 Å². The third kappa shape index (κ3) is 41.4. The van der Waals surface area contributed by atoms with Crippen LogP contribution >= 0.6 is 0 Å². The molecule has 0 spiro atoms. The zero-order valence-electron chi connectivity index (χ0n) is 55.2. The fraction of sp³-hybridized carbons (Fsp3) is 0.770. The molecule has 1 amide bonds. The van der Waals surface area contributed by atoms with E-state index in [9.17, 15) is 45.6 Å². The molecule has 2 saturated heterocycles. The maximum Gasteiger partial charge on any atom is 0.220 e. The second-order valence-electron chi connectivity index (χ2n) is 24.6. The second-order valence-corrected chi connectivity index (χ2v) is 24.6. The molecule has 508 valence electrons. The van der Waals surface area contributed by atoms with Crippen LogP contribution in [0.15, 0.2) is 97.2 Å². The van der Waals surface area contributed by atoms with Gasteiger partial charge in [-0.05, 0) is 89.9 Å². The van der Waals surface area contributed by atoms with Gasteiger partial charge in [0.25, 0.3) is 0 Å². The van der Waals surface area contributed by atoms with Gasteiger partial charge in [-0.2, -0.15) is 0 Å². The molecular weight excluding hydrogens is 1110 g/mol. The van der Waals surface area contributed by atoms with Crippen LogP contribution in [0.4, 0.5) is 0 Å². The first-order valence-corrected chi connectivity index (χ1v) is 35.5. The van der Waals surface area contributed by atoms with Gasteiger partial charge < -0.3 is 65.1 Å². The van der Waals surface area contributed by atoms with E-state index in [-0.39, 0.29) is 18.9 Å². The van der Waals surface area contributed by atoms with Gasteiger partial charge in [0.1, 0.15) is 48.8 Å². The number of nitrogens with one attached hydrogen (secondary N) is 1. The van der Waals surface area contributed by atoms with Crippen molar-refractivity contribution in [3.05, 3.63) is 97.2 Å². The molecule has 0 aromatic carbocycles. The van der Waals surface area contributed by atoms with Gasteiger partial charge in [0.2, 0.25) is 5.91 Å². The quantitative estimate of drug-likeness (QED) is 0.0204. The molecule has 0 aromatic heterocycles. The van der Waals surface area contributed by atoms with Crippen molar-refractivity contribution in [2.24, 2.45) is 0 Å². The Morgan fingerprint density at radius 2 is 0.795 bits per heavy atom. The van der Waals surface area contributed by atoms with Crippen LogP contribution in [0.2, 0.25) is 0 Å². The number of aliphatic hydroxyl groups excluding tert-OH is 8. The highest BCUT2D eigenvalue weighted by molar-refractivity contribution is 5.76. The molecule has 9 N–H and O–H groups in total. The van der Waals surface area contributed by atoms with Crippen molar-refractivity contribution in [2.45, 2.75) is 344 Å². The van der Waals surface area contributed by atoms with Crippen molar-refractivity contribution < 1.29 is 64.6 Å². The van der Waals surface area contributed by atoms with E-state index in [0.717, 1.165) is 83.5 Å². The second kappa shape index (κ2) is 57.8. The Morgan fingerprint density at radius 3 is 1.25 bits per heavy atom. The Balaban J connectivity index is 1.71. The van der Waals surface area contributed by atoms with E-state index in [2.05, 4.69) is 104 Å². The molecule has 2 aliphatic heterocycles. The molecule has 2 aliphatic rings. The summed E-state index contributed by atoms with van der Waals surface area (Å²) in [5.41, 5.74) is 0. The van der Waals surface area contributed by atoms with E-state index >= 15 is 0 Å². The summed E-state index contributed by atoms with van der Waals surface area (Å²) in [6, 6.07) is -0.947. The lowest BCUT2D eigenvalue weighted by Crippen LogP contribution is -2.65. The number of aliphatic hydroxyl groups is 8. The Morgan fingerprint density at radius 1 is 0.420 bits per heavy atom. The smallest absolute Gasteiger partial charge is 0.220 e. The topological polar surface area (TPSA) is 228 Å². The van der Waals surface area contributed by atoms with E-state index in [4.69, 9.17) is 18.9 Å². The fourth-order valence-electron chi connectivity index (χ4n) is 11.1. The van der Waals surface area contributed by atoms with E-state index in [1.165, 1.54) is 154 Å². The van der Waals surface area contributed by atoms with Gasteiger partial charge in [0, 0.05) is 6.42 Å². The molecule has 0 bridgehead atoms. The predicted molar refractivity (Wildman–Crippen MR) is 359 cm³/mol. The van der Waals surface area contributed by atoms with Crippen LogP contribution in [0.5, 0.6) is 0 Å². The van der Waals surface area contributed by atoms with Crippen molar-refractivity contribution in [3.63, 3.8) is 0 Å². The highest BCUT2D eigenvalue weighted by atomic mass is 16.7. The zero-order chi connectivity index (χ0) is 63.8. The normalized spacial score (nSPS) is 23.8. The Bertz CT molecular complexity index is 1850. The van der Waals surface area contributed by atoms with Crippen LogP contribution in [0.3, 0.4) is 0 Å². The van der Waals surface area contributed by atoms with Crippen LogP contribution in [0.25, 0.3) is 0 Å². The molecule has 0 aliphatic carbocycles. The summed E-state index contributed by atoms with van der Waals surface area (Å²) < 4.78 is 22.8. The van der Waals surface area contributed by atoms with Crippen LogP contribution in [-0.2, 0) is 23.7 Å². The molecule has 0 radical (unpaired) electrons. The molecule has 12 unspecified atom stereocenters. The Labute approximate surface area is 534 Å². The van der Waals surface area contributed by atoms with Crippen molar-refractivity contribution in [1.29, 1.82) is 0 Å². The lowest BCUT2D eigenvalue weighted by atomic mass is 9.97. The minimum absolute atomic E-state index is 0.258. The summed E-state index contributed by atoms with van der Waals surface area (Å²) in [6.45, 7) is 2.68. The fourth-order valence-corrected chi connectivity index (χ4v) is 11.1. The number of hydrogen-bond donors (Lipinski definition) is 9. The van der Waals surface area contributed by atoms with E-state index in [0.29, 0.717) is 12.8 Å². The van der Waals surface area contributed by atoms with Gasteiger partial charge >= 0.3 is 0 Å². The maximum absolute atomic E-state index is 13.3. The number of carbonyl (C=O) groups excluding carboxylic acids is 1. The standard InChI is InChI=1S/C74H129NO13/c1-3-5-7-9-11-13-15-17-19-21-23-25-27-29-31-33-35-37-39-41-43-45-47-49-51-53-55-57-63(78)62(61-85-73-71(84)69(82)72(65(60-77)87-73)88-74-70(83)68(81)67(80)64(59-76)86-74)75-66(79)58-56-54-52-50-48-46-44-42-40-38-36-34-32-30-28-26-24-22-20-18-16-14-12-10-8-6-4-2/h6,8,12,14,18,20,24,26,30,32,39,41,47,49,55,57,62-65,67-74,76-78,80-84H,3-5,7,9-11,13,15-17,19,21-23,25,27-29,31,33-38,40,42-46,48,50-54,56,58-61H2,1-2H3,(H,75,79)/b8-6-,14-12-,20-18-,26-24-,32-30-,41-39+,49-47+,57-55+.